The summed E-state index contributed by atoms with van der Waals surface area (Å²) in [5, 5.41) is 4.09. The Labute approximate surface area is 152 Å². The lowest BCUT2D eigenvalue weighted by atomic mass is 10.1. The van der Waals surface area contributed by atoms with E-state index in [-0.39, 0.29) is 5.96 Å². The molecule has 7 heteroatoms. The fraction of sp³-hybridized carbons (Fsp3) is 0.222. The van der Waals surface area contributed by atoms with E-state index >= 15 is 0 Å². The minimum absolute atomic E-state index is 0.194. The summed E-state index contributed by atoms with van der Waals surface area (Å²) >= 11 is 5.91. The van der Waals surface area contributed by atoms with Gasteiger partial charge in [-0.15, -0.1) is 0 Å². The van der Waals surface area contributed by atoms with Gasteiger partial charge in [0.2, 0.25) is 11.9 Å². The molecule has 0 amide bonds. The van der Waals surface area contributed by atoms with Crippen molar-refractivity contribution >= 4 is 34.9 Å². The predicted molar refractivity (Wildman–Crippen MR) is 105 cm³/mol. The van der Waals surface area contributed by atoms with Crippen molar-refractivity contribution in [1.29, 1.82) is 0 Å². The zero-order chi connectivity index (χ0) is 18.0. The molecule has 0 saturated carbocycles. The minimum Gasteiger partial charge on any atom is -0.381 e. The van der Waals surface area contributed by atoms with Crippen molar-refractivity contribution in [2.24, 2.45) is 21.5 Å². The smallest absolute Gasteiger partial charge is 0.220 e. The number of anilines is 2. The molecule has 25 heavy (non-hydrogen) atoms. The summed E-state index contributed by atoms with van der Waals surface area (Å²) in [7, 11) is 0. The summed E-state index contributed by atoms with van der Waals surface area (Å²) in [4.78, 5) is 10.3. The van der Waals surface area contributed by atoms with Gasteiger partial charge >= 0.3 is 0 Å². The van der Waals surface area contributed by atoms with Gasteiger partial charge in [-0.1, -0.05) is 23.7 Å². The molecule has 3 rings (SSSR count). The number of nitrogens with zero attached hydrogens (tertiary/aromatic N) is 3. The van der Waals surface area contributed by atoms with Crippen LogP contribution in [-0.2, 0) is 6.54 Å². The number of guanidine groups is 2. The molecule has 0 saturated heterocycles. The van der Waals surface area contributed by atoms with Crippen LogP contribution in [0.3, 0.4) is 0 Å². The van der Waals surface area contributed by atoms with Crippen LogP contribution in [0.1, 0.15) is 19.4 Å². The highest BCUT2D eigenvalue weighted by Crippen LogP contribution is 2.28. The second kappa shape index (κ2) is 6.64. The Bertz CT molecular complexity index is 826. The molecule has 2 aromatic rings. The van der Waals surface area contributed by atoms with E-state index in [0.29, 0.717) is 12.5 Å². The molecule has 1 aliphatic heterocycles. The highest BCUT2D eigenvalue weighted by molar-refractivity contribution is 6.30. The number of nitrogens with one attached hydrogen (secondary N) is 1. The molecule has 0 aromatic heterocycles. The van der Waals surface area contributed by atoms with Gasteiger partial charge < -0.3 is 16.8 Å². The topological polar surface area (TPSA) is 92.0 Å². The molecule has 0 fully saturated rings. The number of aliphatic imine (C=N–C) groups is 2. The zero-order valence-electron chi connectivity index (χ0n) is 14.2. The molecule has 1 aliphatic rings. The first-order chi connectivity index (χ1) is 11.8. The van der Waals surface area contributed by atoms with Crippen molar-refractivity contribution in [3.8, 4) is 0 Å². The fourth-order valence-corrected chi connectivity index (χ4v) is 2.95. The van der Waals surface area contributed by atoms with E-state index in [1.54, 1.807) is 0 Å². The average molecular weight is 357 g/mol. The summed E-state index contributed by atoms with van der Waals surface area (Å²) in [6, 6.07) is 15.7. The van der Waals surface area contributed by atoms with E-state index in [4.69, 9.17) is 23.1 Å². The lowest BCUT2D eigenvalue weighted by molar-refractivity contribution is 0.534. The Kier molecular flexibility index (Phi) is 4.55. The maximum atomic E-state index is 6.09. The minimum atomic E-state index is -0.599. The van der Waals surface area contributed by atoms with Crippen LogP contribution in [0.2, 0.25) is 5.02 Å². The van der Waals surface area contributed by atoms with Gasteiger partial charge in [-0.25, -0.2) is 4.99 Å². The van der Waals surface area contributed by atoms with Crippen molar-refractivity contribution in [3.05, 3.63) is 59.1 Å². The quantitative estimate of drug-likeness (QED) is 0.784. The Morgan fingerprint density at radius 1 is 1.12 bits per heavy atom. The molecule has 2 aromatic carbocycles. The molecule has 130 valence electrons. The van der Waals surface area contributed by atoms with Crippen LogP contribution < -0.4 is 21.7 Å². The Hall–Kier alpha value is -2.73. The molecule has 0 radical (unpaired) electrons. The van der Waals surface area contributed by atoms with Crippen molar-refractivity contribution in [2.75, 3.05) is 10.2 Å². The third-order valence-corrected chi connectivity index (χ3v) is 4.16. The molecule has 1 heterocycles. The van der Waals surface area contributed by atoms with Crippen LogP contribution in [0.4, 0.5) is 11.4 Å². The van der Waals surface area contributed by atoms with Gasteiger partial charge in [0.25, 0.3) is 0 Å². The van der Waals surface area contributed by atoms with Gasteiger partial charge in [0.05, 0.1) is 0 Å². The number of hydrogen-bond acceptors (Lipinski definition) is 6. The summed E-state index contributed by atoms with van der Waals surface area (Å²) < 4.78 is 0. The van der Waals surface area contributed by atoms with Crippen molar-refractivity contribution in [1.82, 2.24) is 0 Å². The van der Waals surface area contributed by atoms with Gasteiger partial charge in [0.1, 0.15) is 5.66 Å². The van der Waals surface area contributed by atoms with Gasteiger partial charge in [-0.05, 0) is 55.8 Å². The van der Waals surface area contributed by atoms with E-state index in [0.717, 1.165) is 22.0 Å². The number of halogens is 1. The monoisotopic (exact) mass is 356 g/mol. The van der Waals surface area contributed by atoms with E-state index in [2.05, 4.69) is 21.4 Å². The first-order valence-electron chi connectivity index (χ1n) is 7.93. The first-order valence-corrected chi connectivity index (χ1v) is 8.31. The van der Waals surface area contributed by atoms with Crippen molar-refractivity contribution in [2.45, 2.75) is 26.1 Å². The third kappa shape index (κ3) is 3.85. The van der Waals surface area contributed by atoms with Gasteiger partial charge in [0, 0.05) is 22.9 Å². The molecule has 0 bridgehead atoms. The second-order valence-corrected chi connectivity index (χ2v) is 6.74. The summed E-state index contributed by atoms with van der Waals surface area (Å²) in [6.45, 7) is 4.56. The largest absolute Gasteiger partial charge is 0.381 e. The Balaban J connectivity index is 1.79. The molecule has 0 unspecified atom stereocenters. The molecule has 5 N–H and O–H groups in total. The zero-order valence-corrected chi connectivity index (χ0v) is 15.0. The van der Waals surface area contributed by atoms with Crippen LogP contribution in [0.5, 0.6) is 0 Å². The fourth-order valence-electron chi connectivity index (χ4n) is 2.83. The van der Waals surface area contributed by atoms with Gasteiger partial charge in [0.15, 0.2) is 0 Å². The highest BCUT2D eigenvalue weighted by Gasteiger charge is 2.32. The van der Waals surface area contributed by atoms with Crippen LogP contribution in [-0.4, -0.2) is 17.6 Å². The van der Waals surface area contributed by atoms with Crippen LogP contribution >= 0.6 is 11.6 Å². The van der Waals surface area contributed by atoms with Crippen molar-refractivity contribution in [3.63, 3.8) is 0 Å². The maximum absolute atomic E-state index is 6.09. The second-order valence-electron chi connectivity index (χ2n) is 6.30. The maximum Gasteiger partial charge on any atom is 0.220 e. The number of rotatable bonds is 4. The predicted octanol–water partition coefficient (Wildman–Crippen LogP) is 3.14. The van der Waals surface area contributed by atoms with Gasteiger partial charge in [-0.2, -0.15) is 4.99 Å². The summed E-state index contributed by atoms with van der Waals surface area (Å²) in [5.74, 6) is 0.527. The Morgan fingerprint density at radius 3 is 2.52 bits per heavy atom. The van der Waals surface area contributed by atoms with Crippen molar-refractivity contribution < 1.29 is 0 Å². The molecule has 0 spiro atoms. The molecule has 6 nitrogen and oxygen atoms in total. The first kappa shape index (κ1) is 17.1. The third-order valence-electron chi connectivity index (χ3n) is 3.90. The molecular formula is C18H21ClN6. The van der Waals surface area contributed by atoms with E-state index in [9.17, 15) is 0 Å². The van der Waals surface area contributed by atoms with E-state index in [1.165, 1.54) is 0 Å². The Morgan fingerprint density at radius 2 is 1.84 bits per heavy atom. The summed E-state index contributed by atoms with van der Waals surface area (Å²) in [5.41, 5.74) is 14.3. The summed E-state index contributed by atoms with van der Waals surface area (Å²) in [6.07, 6.45) is 0. The average Bonchev–Trinajstić information content (AvgIpc) is 2.53. The molecule has 0 aliphatic carbocycles. The highest BCUT2D eigenvalue weighted by atomic mass is 35.5. The SMILES string of the molecule is CC1(C)N=C(N)N=C(N)N1c1cccc(CNc2ccc(Cl)cc2)c1. The lowest BCUT2D eigenvalue weighted by Crippen LogP contribution is -2.54. The molecular weight excluding hydrogens is 336 g/mol. The van der Waals surface area contributed by atoms with Crippen LogP contribution in [0.15, 0.2) is 58.5 Å². The van der Waals surface area contributed by atoms with E-state index in [1.807, 2.05) is 61.2 Å². The number of benzene rings is 2. The standard InChI is InChI=1S/C18H21ClN6/c1-18(2)24-16(20)23-17(21)25(18)15-5-3-4-12(10-15)11-22-14-8-6-13(19)7-9-14/h3-10,22H,11H2,1-2H3,(H4,20,21,23,24). The number of nitrogens with two attached hydrogens (primary N) is 2. The van der Waals surface area contributed by atoms with Gasteiger partial charge in [-0.3, -0.25) is 4.90 Å². The van der Waals surface area contributed by atoms with Crippen LogP contribution in [0.25, 0.3) is 0 Å². The lowest BCUT2D eigenvalue weighted by Gasteiger charge is -2.38. The normalized spacial score (nSPS) is 16.2. The number of hydrogen-bond donors (Lipinski definition) is 3. The van der Waals surface area contributed by atoms with Crippen LogP contribution in [0, 0.1) is 0 Å². The van der Waals surface area contributed by atoms with E-state index < -0.39 is 5.66 Å². The molecule has 0 atom stereocenters.